The molecule has 27 heavy (non-hydrogen) atoms. The van der Waals surface area contributed by atoms with Gasteiger partial charge in [0, 0.05) is 36.9 Å². The van der Waals surface area contributed by atoms with Crippen LogP contribution in [0.4, 0.5) is 13.2 Å². The Morgan fingerprint density at radius 2 is 1.81 bits per heavy atom. The number of hydrogen-bond acceptors (Lipinski definition) is 3. The van der Waals surface area contributed by atoms with Gasteiger partial charge in [0.25, 0.3) is 5.91 Å². The number of benzene rings is 1. The molecule has 1 fully saturated rings. The summed E-state index contributed by atoms with van der Waals surface area (Å²) in [4.78, 5) is 17.8. The summed E-state index contributed by atoms with van der Waals surface area (Å²) in [6.07, 6.45) is -1.97. The van der Waals surface area contributed by atoms with Gasteiger partial charge in [-0.3, -0.25) is 14.7 Å². The first-order chi connectivity index (χ1) is 12.8. The molecule has 1 aliphatic rings. The molecule has 1 aromatic heterocycles. The third kappa shape index (κ3) is 5.43. The fraction of sp³-hybridized carbons (Fsp3) is 0.368. The van der Waals surface area contributed by atoms with Gasteiger partial charge in [-0.1, -0.05) is 23.7 Å². The summed E-state index contributed by atoms with van der Waals surface area (Å²) in [5.41, 5.74) is 0.305. The Bertz CT molecular complexity index is 770. The molecule has 1 saturated heterocycles. The molecule has 0 unspecified atom stereocenters. The van der Waals surface area contributed by atoms with Crippen molar-refractivity contribution in [2.24, 2.45) is 0 Å². The Morgan fingerprint density at radius 1 is 1.15 bits per heavy atom. The molecule has 3 rings (SSSR count). The highest BCUT2D eigenvalue weighted by molar-refractivity contribution is 6.30. The molecular weight excluding hydrogens is 379 g/mol. The van der Waals surface area contributed by atoms with Crippen LogP contribution in [-0.4, -0.2) is 34.9 Å². The number of pyridine rings is 1. The third-order valence-corrected chi connectivity index (χ3v) is 4.81. The molecule has 0 bridgehead atoms. The molecule has 0 atom stereocenters. The molecule has 4 nitrogen and oxygen atoms in total. The zero-order chi connectivity index (χ0) is 19.4. The Morgan fingerprint density at radius 3 is 2.37 bits per heavy atom. The van der Waals surface area contributed by atoms with Gasteiger partial charge < -0.3 is 5.32 Å². The number of carbonyl (C=O) groups excluding carboxylic acids is 1. The van der Waals surface area contributed by atoms with E-state index in [-0.39, 0.29) is 11.6 Å². The Hall–Kier alpha value is -2.12. The first-order valence-electron chi connectivity index (χ1n) is 8.62. The second-order valence-corrected chi connectivity index (χ2v) is 7.02. The summed E-state index contributed by atoms with van der Waals surface area (Å²) in [6.45, 7) is 2.48. The SMILES string of the molecule is O=C(NC1CCN(Cc2ccc(Cl)cc2)CC1)c1ccc(C(F)(F)F)nc1. The quantitative estimate of drug-likeness (QED) is 0.843. The number of piperidine rings is 1. The van der Waals surface area contributed by atoms with Crippen molar-refractivity contribution in [3.05, 3.63) is 64.4 Å². The molecule has 0 saturated carbocycles. The largest absolute Gasteiger partial charge is 0.433 e. The lowest BCUT2D eigenvalue weighted by Gasteiger charge is -2.32. The van der Waals surface area contributed by atoms with E-state index < -0.39 is 17.8 Å². The topological polar surface area (TPSA) is 45.2 Å². The van der Waals surface area contributed by atoms with Crippen LogP contribution >= 0.6 is 11.6 Å². The van der Waals surface area contributed by atoms with Gasteiger partial charge in [0.15, 0.2) is 0 Å². The maximum atomic E-state index is 12.5. The lowest BCUT2D eigenvalue weighted by molar-refractivity contribution is -0.141. The van der Waals surface area contributed by atoms with Gasteiger partial charge in [0.1, 0.15) is 5.69 Å². The highest BCUT2D eigenvalue weighted by Gasteiger charge is 2.32. The van der Waals surface area contributed by atoms with Crippen LogP contribution in [-0.2, 0) is 12.7 Å². The van der Waals surface area contributed by atoms with Crippen LogP contribution in [0.5, 0.6) is 0 Å². The Balaban J connectivity index is 1.48. The van der Waals surface area contributed by atoms with Crippen LogP contribution < -0.4 is 5.32 Å². The average Bonchev–Trinajstić information content (AvgIpc) is 2.64. The zero-order valence-electron chi connectivity index (χ0n) is 14.5. The minimum absolute atomic E-state index is 0.00117. The first kappa shape index (κ1) is 19.6. The second-order valence-electron chi connectivity index (χ2n) is 6.58. The van der Waals surface area contributed by atoms with Crippen LogP contribution in [0, 0.1) is 0 Å². The number of likely N-dealkylation sites (tertiary alicyclic amines) is 1. The lowest BCUT2D eigenvalue weighted by atomic mass is 10.0. The van der Waals surface area contributed by atoms with Gasteiger partial charge in [-0.05, 0) is 42.7 Å². The van der Waals surface area contributed by atoms with E-state index in [0.717, 1.165) is 50.8 Å². The van der Waals surface area contributed by atoms with Crippen molar-refractivity contribution in [2.75, 3.05) is 13.1 Å². The molecule has 8 heteroatoms. The minimum atomic E-state index is -4.51. The molecule has 1 amide bonds. The summed E-state index contributed by atoms with van der Waals surface area (Å²) in [6, 6.07) is 9.69. The van der Waals surface area contributed by atoms with Crippen LogP contribution in [0.1, 0.15) is 34.5 Å². The number of halogens is 4. The predicted octanol–water partition coefficient (Wildman–Crippen LogP) is 4.15. The normalized spacial score (nSPS) is 16.3. The molecule has 0 radical (unpaired) electrons. The van der Waals surface area contributed by atoms with Crippen molar-refractivity contribution in [2.45, 2.75) is 31.6 Å². The van der Waals surface area contributed by atoms with Crippen molar-refractivity contribution >= 4 is 17.5 Å². The number of nitrogens with one attached hydrogen (secondary N) is 1. The standard InChI is InChI=1S/C19H19ClF3N3O/c20-15-4-1-13(2-5-15)12-26-9-7-16(8-10-26)25-18(27)14-3-6-17(24-11-14)19(21,22)23/h1-6,11,16H,7-10,12H2,(H,25,27). The van der Waals surface area contributed by atoms with E-state index in [1.807, 2.05) is 24.3 Å². The summed E-state index contributed by atoms with van der Waals surface area (Å²) in [5.74, 6) is -0.396. The summed E-state index contributed by atoms with van der Waals surface area (Å²) < 4.78 is 37.6. The fourth-order valence-electron chi connectivity index (χ4n) is 3.05. The number of carbonyl (C=O) groups is 1. The lowest BCUT2D eigenvalue weighted by Crippen LogP contribution is -2.44. The van der Waals surface area contributed by atoms with Gasteiger partial charge in [-0.25, -0.2) is 0 Å². The van der Waals surface area contributed by atoms with Gasteiger partial charge in [0.05, 0.1) is 5.56 Å². The maximum absolute atomic E-state index is 12.5. The van der Waals surface area contributed by atoms with Crippen molar-refractivity contribution in [1.29, 1.82) is 0 Å². The fourth-order valence-corrected chi connectivity index (χ4v) is 3.17. The van der Waals surface area contributed by atoms with Gasteiger partial charge in [-0.15, -0.1) is 0 Å². The minimum Gasteiger partial charge on any atom is -0.349 e. The van der Waals surface area contributed by atoms with Gasteiger partial charge in [-0.2, -0.15) is 13.2 Å². The first-order valence-corrected chi connectivity index (χ1v) is 9.00. The molecule has 0 aliphatic carbocycles. The predicted molar refractivity (Wildman–Crippen MR) is 96.5 cm³/mol. The number of alkyl halides is 3. The van der Waals surface area contributed by atoms with E-state index in [9.17, 15) is 18.0 Å². The molecule has 1 aliphatic heterocycles. The van der Waals surface area contributed by atoms with E-state index in [2.05, 4.69) is 15.2 Å². The molecule has 1 aromatic carbocycles. The van der Waals surface area contributed by atoms with Gasteiger partial charge >= 0.3 is 6.18 Å². The van der Waals surface area contributed by atoms with Crippen molar-refractivity contribution in [3.8, 4) is 0 Å². The number of nitrogens with zero attached hydrogens (tertiary/aromatic N) is 2. The summed E-state index contributed by atoms with van der Waals surface area (Å²) >= 11 is 5.89. The number of aromatic nitrogens is 1. The van der Waals surface area contributed by atoms with Crippen LogP contribution in [0.15, 0.2) is 42.6 Å². The van der Waals surface area contributed by atoms with Gasteiger partial charge in [0.2, 0.25) is 0 Å². The van der Waals surface area contributed by atoms with Crippen molar-refractivity contribution in [3.63, 3.8) is 0 Å². The van der Waals surface area contributed by atoms with E-state index in [0.29, 0.717) is 5.02 Å². The molecular formula is C19H19ClF3N3O. The molecule has 2 aromatic rings. The van der Waals surface area contributed by atoms with Crippen LogP contribution in [0.2, 0.25) is 5.02 Å². The van der Waals surface area contributed by atoms with Crippen molar-refractivity contribution < 1.29 is 18.0 Å². The highest BCUT2D eigenvalue weighted by Crippen LogP contribution is 2.27. The van der Waals surface area contributed by atoms with Crippen LogP contribution in [0.25, 0.3) is 0 Å². The van der Waals surface area contributed by atoms with Crippen molar-refractivity contribution in [1.82, 2.24) is 15.2 Å². The smallest absolute Gasteiger partial charge is 0.349 e. The summed E-state index contributed by atoms with van der Waals surface area (Å²) in [7, 11) is 0. The monoisotopic (exact) mass is 397 g/mol. The summed E-state index contributed by atoms with van der Waals surface area (Å²) in [5, 5.41) is 3.59. The molecule has 144 valence electrons. The van der Waals surface area contributed by atoms with E-state index in [1.54, 1.807) is 0 Å². The van der Waals surface area contributed by atoms with Crippen LogP contribution in [0.3, 0.4) is 0 Å². The highest BCUT2D eigenvalue weighted by atomic mass is 35.5. The second kappa shape index (κ2) is 8.27. The zero-order valence-corrected chi connectivity index (χ0v) is 15.2. The van der Waals surface area contributed by atoms with E-state index in [4.69, 9.17) is 11.6 Å². The molecule has 1 N–H and O–H groups in total. The molecule has 0 spiro atoms. The average molecular weight is 398 g/mol. The maximum Gasteiger partial charge on any atom is 0.433 e. The molecule has 2 heterocycles. The Kier molecular flexibility index (Phi) is 6.01. The van der Waals surface area contributed by atoms with E-state index >= 15 is 0 Å². The Labute approximate surface area is 160 Å². The number of amides is 1. The third-order valence-electron chi connectivity index (χ3n) is 4.56. The number of rotatable bonds is 4. The number of hydrogen-bond donors (Lipinski definition) is 1. The van der Waals surface area contributed by atoms with E-state index in [1.165, 1.54) is 5.56 Å².